The highest BCUT2D eigenvalue weighted by Gasteiger charge is 2.26. The van der Waals surface area contributed by atoms with Crippen LogP contribution < -0.4 is 4.90 Å². The summed E-state index contributed by atoms with van der Waals surface area (Å²) in [5.74, 6) is -0.125. The summed E-state index contributed by atoms with van der Waals surface area (Å²) in [6.45, 7) is 3.40. The van der Waals surface area contributed by atoms with Gasteiger partial charge in [-0.05, 0) is 62.4 Å². The zero-order valence-electron chi connectivity index (χ0n) is 20.3. The molecule has 2 aliphatic rings. The van der Waals surface area contributed by atoms with Gasteiger partial charge in [-0.3, -0.25) is 9.48 Å². The predicted molar refractivity (Wildman–Crippen MR) is 140 cm³/mol. The number of benzene rings is 1. The molecule has 0 bridgehead atoms. The molecule has 4 heterocycles. The number of allylic oxidation sites excluding steroid dienone is 1. The molecule has 1 saturated heterocycles. The maximum absolute atomic E-state index is 11.3. The van der Waals surface area contributed by atoms with Gasteiger partial charge in [-0.25, -0.2) is 9.67 Å². The van der Waals surface area contributed by atoms with Crippen molar-refractivity contribution in [3.8, 4) is 5.69 Å². The number of aryl methyl sites for hydroxylation is 3. The number of carbonyl (C=O) groups is 1. The van der Waals surface area contributed by atoms with Gasteiger partial charge in [0.1, 0.15) is 11.5 Å². The molecule has 8 nitrogen and oxygen atoms in total. The molecule has 1 fully saturated rings. The molecule has 1 N–H and O–H groups in total. The van der Waals surface area contributed by atoms with Crippen LogP contribution in [-0.2, 0) is 18.3 Å². The lowest BCUT2D eigenvalue weighted by Gasteiger charge is -2.31. The van der Waals surface area contributed by atoms with Crippen LogP contribution in [0.5, 0.6) is 0 Å². The van der Waals surface area contributed by atoms with Gasteiger partial charge in [0, 0.05) is 47.9 Å². The van der Waals surface area contributed by atoms with Crippen LogP contribution in [0.1, 0.15) is 41.8 Å². The number of pyridine rings is 1. The number of carboxylic acid groups (broad SMARTS) is 1. The van der Waals surface area contributed by atoms with E-state index in [9.17, 15) is 9.90 Å². The number of hydrogen-bond acceptors (Lipinski definition) is 5. The van der Waals surface area contributed by atoms with E-state index in [1.807, 2.05) is 53.8 Å². The third kappa shape index (κ3) is 3.76. The van der Waals surface area contributed by atoms with Crippen molar-refractivity contribution >= 4 is 39.9 Å². The minimum absolute atomic E-state index is 0.267. The molecule has 3 aromatic heterocycles. The van der Waals surface area contributed by atoms with Gasteiger partial charge in [0.15, 0.2) is 0 Å². The number of aromatic nitrogens is 5. The van der Waals surface area contributed by atoms with E-state index in [4.69, 9.17) is 21.7 Å². The molecule has 0 spiro atoms. The number of anilines is 1. The van der Waals surface area contributed by atoms with Crippen molar-refractivity contribution in [1.29, 1.82) is 0 Å². The highest BCUT2D eigenvalue weighted by Crippen LogP contribution is 2.37. The summed E-state index contributed by atoms with van der Waals surface area (Å²) in [6, 6.07) is 7.99. The van der Waals surface area contributed by atoms with Crippen LogP contribution in [0.15, 0.2) is 42.7 Å². The molecule has 1 aliphatic carbocycles. The lowest BCUT2D eigenvalue weighted by molar-refractivity contribution is -0.142. The van der Waals surface area contributed by atoms with E-state index in [0.29, 0.717) is 31.0 Å². The third-order valence-electron chi connectivity index (χ3n) is 7.36. The molecule has 9 heteroatoms. The van der Waals surface area contributed by atoms with Gasteiger partial charge in [-0.1, -0.05) is 17.7 Å². The molecular weight excluding hydrogens is 476 g/mol. The fourth-order valence-corrected chi connectivity index (χ4v) is 5.56. The summed E-state index contributed by atoms with van der Waals surface area (Å²) < 4.78 is 3.80. The van der Waals surface area contributed by atoms with Crippen molar-refractivity contribution in [1.82, 2.24) is 24.5 Å². The molecule has 0 unspecified atom stereocenters. The highest BCUT2D eigenvalue weighted by molar-refractivity contribution is 6.32. The molecule has 0 atom stereocenters. The average Bonchev–Trinajstić information content (AvgIpc) is 3.46. The summed E-state index contributed by atoms with van der Waals surface area (Å²) in [7, 11) is 1.95. The number of aliphatic carboxylic acids is 1. The van der Waals surface area contributed by atoms with Crippen molar-refractivity contribution in [2.45, 2.75) is 32.6 Å². The first-order valence-corrected chi connectivity index (χ1v) is 12.6. The summed E-state index contributed by atoms with van der Waals surface area (Å²) in [4.78, 5) is 18.2. The maximum atomic E-state index is 11.3. The van der Waals surface area contributed by atoms with E-state index in [0.717, 1.165) is 63.3 Å². The molecule has 1 aromatic carbocycles. The minimum Gasteiger partial charge on any atom is -0.481 e. The van der Waals surface area contributed by atoms with Crippen molar-refractivity contribution in [3.63, 3.8) is 0 Å². The molecular formula is C27H27ClN6O2. The Balaban J connectivity index is 1.40. The molecule has 1 aliphatic heterocycles. The quantitative estimate of drug-likeness (QED) is 0.431. The summed E-state index contributed by atoms with van der Waals surface area (Å²) >= 11 is 6.55. The average molecular weight is 503 g/mol. The van der Waals surface area contributed by atoms with Crippen LogP contribution in [0.4, 0.5) is 5.82 Å². The Hall–Kier alpha value is -3.65. The van der Waals surface area contributed by atoms with Crippen molar-refractivity contribution < 1.29 is 9.90 Å². The first kappa shape index (κ1) is 22.8. The molecule has 0 amide bonds. The summed E-state index contributed by atoms with van der Waals surface area (Å²) in [6.07, 6.45) is 9.28. The Bertz CT molecular complexity index is 1510. The van der Waals surface area contributed by atoms with E-state index in [-0.39, 0.29) is 5.92 Å². The molecule has 36 heavy (non-hydrogen) atoms. The Morgan fingerprint density at radius 3 is 2.67 bits per heavy atom. The number of rotatable bonds is 4. The van der Waals surface area contributed by atoms with Gasteiger partial charge >= 0.3 is 5.97 Å². The molecule has 0 radical (unpaired) electrons. The van der Waals surface area contributed by atoms with Gasteiger partial charge in [0.25, 0.3) is 0 Å². The van der Waals surface area contributed by atoms with Gasteiger partial charge in [0.2, 0.25) is 0 Å². The number of carboxylic acids is 1. The van der Waals surface area contributed by atoms with Crippen LogP contribution >= 0.6 is 11.6 Å². The standard InChI is InChI=1S/C27H27ClN6O2/c1-16-22(28)8-7-20-25(19-4-3-5-23-21(19)15-32(2)30-23)31-34(26(16)20)18-6-9-24(29-14-18)33-12-10-17(11-13-33)27(35)36/h4,6-9,14-15,17H,3,5,10-13H2,1-2H3,(H,35,36). The van der Waals surface area contributed by atoms with Gasteiger partial charge < -0.3 is 10.0 Å². The van der Waals surface area contributed by atoms with Crippen molar-refractivity contribution in [2.24, 2.45) is 13.0 Å². The van der Waals surface area contributed by atoms with Crippen LogP contribution in [0.25, 0.3) is 22.2 Å². The monoisotopic (exact) mass is 502 g/mol. The molecule has 0 saturated carbocycles. The minimum atomic E-state index is -0.708. The number of nitrogens with zero attached hydrogens (tertiary/aromatic N) is 6. The second kappa shape index (κ2) is 8.78. The van der Waals surface area contributed by atoms with Gasteiger partial charge in [-0.15, -0.1) is 0 Å². The second-order valence-electron chi connectivity index (χ2n) is 9.62. The van der Waals surface area contributed by atoms with E-state index in [1.54, 1.807) is 0 Å². The van der Waals surface area contributed by atoms with E-state index in [1.165, 1.54) is 0 Å². The lowest BCUT2D eigenvalue weighted by atomic mass is 9.93. The fraction of sp³-hybridized carbons (Fsp3) is 0.333. The lowest BCUT2D eigenvalue weighted by Crippen LogP contribution is -2.36. The maximum Gasteiger partial charge on any atom is 0.306 e. The van der Waals surface area contributed by atoms with Gasteiger partial charge in [0.05, 0.1) is 29.0 Å². The predicted octanol–water partition coefficient (Wildman–Crippen LogP) is 4.79. The Morgan fingerprint density at radius 1 is 1.14 bits per heavy atom. The topological polar surface area (TPSA) is 89.1 Å². The van der Waals surface area contributed by atoms with Crippen LogP contribution in [0.2, 0.25) is 5.02 Å². The Morgan fingerprint density at radius 2 is 1.94 bits per heavy atom. The second-order valence-corrected chi connectivity index (χ2v) is 10.0. The van der Waals surface area contributed by atoms with Crippen LogP contribution in [0, 0.1) is 12.8 Å². The smallest absolute Gasteiger partial charge is 0.306 e. The molecule has 184 valence electrons. The fourth-order valence-electron chi connectivity index (χ4n) is 5.41. The van der Waals surface area contributed by atoms with Crippen LogP contribution in [0.3, 0.4) is 0 Å². The number of fused-ring (bicyclic) bond motifs is 2. The third-order valence-corrected chi connectivity index (χ3v) is 7.77. The Kier molecular flexibility index (Phi) is 5.56. The highest BCUT2D eigenvalue weighted by atomic mass is 35.5. The molecule has 6 rings (SSSR count). The van der Waals surface area contributed by atoms with Crippen molar-refractivity contribution in [3.05, 3.63) is 70.3 Å². The summed E-state index contributed by atoms with van der Waals surface area (Å²) in [5.41, 5.74) is 7.02. The zero-order chi connectivity index (χ0) is 25.0. The number of halogens is 1. The normalized spacial score (nSPS) is 16.3. The van der Waals surface area contributed by atoms with E-state index in [2.05, 4.69) is 22.3 Å². The van der Waals surface area contributed by atoms with E-state index >= 15 is 0 Å². The SMILES string of the molecule is Cc1c(Cl)ccc2c(C3=CCCc4nn(C)cc43)nn(-c3ccc(N4CCC(C(=O)O)CC4)nc3)c12. The zero-order valence-corrected chi connectivity index (χ0v) is 21.0. The van der Waals surface area contributed by atoms with Crippen molar-refractivity contribution in [2.75, 3.05) is 18.0 Å². The summed E-state index contributed by atoms with van der Waals surface area (Å²) in [5, 5.41) is 20.8. The largest absolute Gasteiger partial charge is 0.481 e. The van der Waals surface area contributed by atoms with Crippen LogP contribution in [-0.4, -0.2) is 48.7 Å². The van der Waals surface area contributed by atoms with Gasteiger partial charge in [-0.2, -0.15) is 10.2 Å². The number of hydrogen-bond donors (Lipinski definition) is 1. The molecule has 4 aromatic rings. The first-order valence-electron chi connectivity index (χ1n) is 12.3. The first-order chi connectivity index (χ1) is 17.4. The Labute approximate surface area is 213 Å². The van der Waals surface area contributed by atoms with E-state index < -0.39 is 5.97 Å². The number of piperidine rings is 1.